The number of nitrogens with zero attached hydrogens (tertiary/aromatic N) is 5. The number of ether oxygens (including phenoxy) is 1. The molecular formula is C20H29N5O2. The van der Waals surface area contributed by atoms with E-state index in [1.165, 1.54) is 5.69 Å². The molecular weight excluding hydrogens is 342 g/mol. The van der Waals surface area contributed by atoms with Gasteiger partial charge in [0.15, 0.2) is 0 Å². The molecule has 3 aliphatic carbocycles. The molecule has 0 saturated heterocycles. The average molecular weight is 371 g/mol. The number of methoxy groups -OCH3 is 1. The SMILES string of the molecule is COCCn1nccc1C12CCC(C1)C2C(=O)N(C)Cc1cnn(C)c1C. The molecule has 7 heteroatoms. The van der Waals surface area contributed by atoms with Crippen LogP contribution >= 0.6 is 0 Å². The summed E-state index contributed by atoms with van der Waals surface area (Å²) in [5.74, 6) is 0.824. The van der Waals surface area contributed by atoms with Crippen molar-refractivity contribution in [1.82, 2.24) is 24.5 Å². The second-order valence-corrected chi connectivity index (χ2v) is 8.14. The molecule has 5 rings (SSSR count). The summed E-state index contributed by atoms with van der Waals surface area (Å²) in [5, 5.41) is 8.79. The van der Waals surface area contributed by atoms with Crippen LogP contribution in [0, 0.1) is 18.8 Å². The third kappa shape index (κ3) is 2.79. The van der Waals surface area contributed by atoms with Crippen molar-refractivity contribution in [3.05, 3.63) is 35.4 Å². The summed E-state index contributed by atoms with van der Waals surface area (Å²) >= 11 is 0. The first-order chi connectivity index (χ1) is 13.0. The molecule has 2 aromatic rings. The Kier molecular flexibility index (Phi) is 4.58. The highest BCUT2D eigenvalue weighted by molar-refractivity contribution is 5.82. The van der Waals surface area contributed by atoms with Crippen molar-refractivity contribution in [3.8, 4) is 0 Å². The second kappa shape index (κ2) is 6.78. The molecule has 2 aromatic heterocycles. The Bertz CT molecular complexity index is 837. The number of aryl methyl sites for hydroxylation is 1. The number of rotatable bonds is 7. The number of aromatic nitrogens is 4. The number of carbonyl (C=O) groups is 1. The molecule has 27 heavy (non-hydrogen) atoms. The van der Waals surface area contributed by atoms with Gasteiger partial charge in [0.05, 0.1) is 25.3 Å². The molecule has 1 amide bonds. The highest BCUT2D eigenvalue weighted by atomic mass is 16.5. The molecule has 0 N–H and O–H groups in total. The summed E-state index contributed by atoms with van der Waals surface area (Å²) in [6, 6.07) is 2.10. The van der Waals surface area contributed by atoms with Crippen LogP contribution in [0.15, 0.2) is 18.5 Å². The fourth-order valence-corrected chi connectivity index (χ4v) is 5.18. The molecule has 3 unspecified atom stereocenters. The van der Waals surface area contributed by atoms with Crippen LogP contribution in [0.2, 0.25) is 0 Å². The van der Waals surface area contributed by atoms with Gasteiger partial charge < -0.3 is 9.64 Å². The minimum atomic E-state index is -0.0514. The standard InChI is InChI=1S/C20H29N5O2/c1-14-16(12-22-24(14)3)13-23(2)19(26)18-15-5-7-20(18,11-15)17-6-8-21-25(17)9-10-27-4/h6,8,12,15,18H,5,7,9-11,13H2,1-4H3. The molecule has 2 heterocycles. The summed E-state index contributed by atoms with van der Waals surface area (Å²) in [4.78, 5) is 15.3. The first-order valence-corrected chi connectivity index (χ1v) is 9.71. The monoisotopic (exact) mass is 371 g/mol. The van der Waals surface area contributed by atoms with E-state index in [-0.39, 0.29) is 17.2 Å². The Morgan fingerprint density at radius 3 is 2.93 bits per heavy atom. The molecule has 2 bridgehead atoms. The van der Waals surface area contributed by atoms with E-state index in [1.54, 1.807) is 7.11 Å². The van der Waals surface area contributed by atoms with Gasteiger partial charge in [0.25, 0.3) is 0 Å². The third-order valence-electron chi connectivity index (χ3n) is 6.77. The van der Waals surface area contributed by atoms with Crippen LogP contribution in [-0.2, 0) is 35.1 Å². The lowest BCUT2D eigenvalue weighted by atomic mass is 9.58. The number of hydrogen-bond donors (Lipinski definition) is 0. The molecule has 3 atom stereocenters. The summed E-state index contributed by atoms with van der Waals surface area (Å²) in [5.41, 5.74) is 3.37. The zero-order valence-electron chi connectivity index (χ0n) is 16.7. The third-order valence-corrected chi connectivity index (χ3v) is 6.77. The zero-order valence-corrected chi connectivity index (χ0v) is 16.7. The highest BCUT2D eigenvalue weighted by Crippen LogP contribution is 2.64. The first kappa shape index (κ1) is 18.2. The van der Waals surface area contributed by atoms with Gasteiger partial charge in [-0.25, -0.2) is 0 Å². The summed E-state index contributed by atoms with van der Waals surface area (Å²) in [6.07, 6.45) is 7.03. The lowest BCUT2D eigenvalue weighted by molar-refractivity contribution is -0.143. The Morgan fingerprint density at radius 1 is 1.44 bits per heavy atom. The van der Waals surface area contributed by atoms with Crippen LogP contribution in [0.1, 0.15) is 36.2 Å². The van der Waals surface area contributed by atoms with Crippen molar-refractivity contribution >= 4 is 5.91 Å². The Balaban J connectivity index is 1.54. The van der Waals surface area contributed by atoms with Crippen molar-refractivity contribution in [3.63, 3.8) is 0 Å². The van der Waals surface area contributed by atoms with Gasteiger partial charge >= 0.3 is 0 Å². The van der Waals surface area contributed by atoms with Crippen molar-refractivity contribution < 1.29 is 9.53 Å². The Labute approximate surface area is 160 Å². The maximum absolute atomic E-state index is 13.4. The summed E-state index contributed by atoms with van der Waals surface area (Å²) < 4.78 is 9.12. The smallest absolute Gasteiger partial charge is 0.226 e. The number of fused-ring (bicyclic) bond motifs is 1. The van der Waals surface area contributed by atoms with Crippen LogP contribution in [0.4, 0.5) is 0 Å². The van der Waals surface area contributed by atoms with E-state index in [9.17, 15) is 4.79 Å². The van der Waals surface area contributed by atoms with Crippen molar-refractivity contribution in [2.75, 3.05) is 20.8 Å². The van der Waals surface area contributed by atoms with Crippen molar-refractivity contribution in [1.29, 1.82) is 0 Å². The molecule has 146 valence electrons. The van der Waals surface area contributed by atoms with Gasteiger partial charge in [-0.15, -0.1) is 0 Å². The topological polar surface area (TPSA) is 65.2 Å². The van der Waals surface area contributed by atoms with E-state index < -0.39 is 0 Å². The van der Waals surface area contributed by atoms with E-state index in [0.717, 1.165) is 37.1 Å². The number of carbonyl (C=O) groups excluding carboxylic acids is 1. The van der Waals surface area contributed by atoms with E-state index in [1.807, 2.05) is 47.7 Å². The predicted octanol–water partition coefficient (Wildman–Crippen LogP) is 1.90. The molecule has 0 radical (unpaired) electrons. The highest BCUT2D eigenvalue weighted by Gasteiger charge is 2.64. The van der Waals surface area contributed by atoms with Gasteiger partial charge in [-0.1, -0.05) is 0 Å². The lowest BCUT2D eigenvalue weighted by Gasteiger charge is -2.47. The second-order valence-electron chi connectivity index (χ2n) is 8.14. The maximum Gasteiger partial charge on any atom is 0.226 e. The summed E-state index contributed by atoms with van der Waals surface area (Å²) in [6.45, 7) is 4.02. The minimum absolute atomic E-state index is 0.0514. The predicted molar refractivity (Wildman–Crippen MR) is 101 cm³/mol. The number of amides is 1. The van der Waals surface area contributed by atoms with Gasteiger partial charge in [-0.3, -0.25) is 14.2 Å². The fourth-order valence-electron chi connectivity index (χ4n) is 5.18. The van der Waals surface area contributed by atoms with E-state index in [4.69, 9.17) is 4.74 Å². The Hall–Kier alpha value is -2.15. The van der Waals surface area contributed by atoms with Gasteiger partial charge in [0, 0.05) is 56.3 Å². The van der Waals surface area contributed by atoms with Crippen LogP contribution in [0.3, 0.4) is 0 Å². The fraction of sp³-hybridized carbons (Fsp3) is 0.650. The lowest BCUT2D eigenvalue weighted by Crippen LogP contribution is -2.53. The molecule has 0 spiro atoms. The van der Waals surface area contributed by atoms with Crippen molar-refractivity contribution in [2.24, 2.45) is 18.9 Å². The van der Waals surface area contributed by atoms with Gasteiger partial charge in [0.2, 0.25) is 5.91 Å². The molecule has 0 aromatic carbocycles. The first-order valence-electron chi connectivity index (χ1n) is 9.71. The van der Waals surface area contributed by atoms with Gasteiger partial charge in [-0.2, -0.15) is 10.2 Å². The maximum atomic E-state index is 13.4. The molecule has 0 aliphatic heterocycles. The van der Waals surface area contributed by atoms with Crippen LogP contribution in [0.5, 0.6) is 0 Å². The van der Waals surface area contributed by atoms with Crippen LogP contribution < -0.4 is 0 Å². The summed E-state index contributed by atoms with van der Waals surface area (Å²) in [7, 11) is 5.56. The van der Waals surface area contributed by atoms with Crippen LogP contribution in [-0.4, -0.2) is 51.1 Å². The minimum Gasteiger partial charge on any atom is -0.383 e. The van der Waals surface area contributed by atoms with E-state index in [2.05, 4.69) is 16.3 Å². The molecule has 3 saturated carbocycles. The number of hydrogen-bond acceptors (Lipinski definition) is 4. The van der Waals surface area contributed by atoms with Gasteiger partial charge in [0.1, 0.15) is 0 Å². The average Bonchev–Trinajstić information content (AvgIpc) is 3.40. The largest absolute Gasteiger partial charge is 0.383 e. The normalized spacial score (nSPS) is 26.2. The molecule has 3 aliphatic rings. The zero-order chi connectivity index (χ0) is 19.2. The van der Waals surface area contributed by atoms with E-state index in [0.29, 0.717) is 19.1 Å². The van der Waals surface area contributed by atoms with E-state index >= 15 is 0 Å². The van der Waals surface area contributed by atoms with Crippen LogP contribution in [0.25, 0.3) is 0 Å². The molecule has 7 nitrogen and oxygen atoms in total. The Morgan fingerprint density at radius 2 is 2.26 bits per heavy atom. The van der Waals surface area contributed by atoms with Gasteiger partial charge in [-0.05, 0) is 38.2 Å². The molecule has 3 fully saturated rings. The van der Waals surface area contributed by atoms with Crippen molar-refractivity contribution in [2.45, 2.75) is 44.7 Å². The quantitative estimate of drug-likeness (QED) is 0.746.